The number of carboxylic acid groups (broad SMARTS) is 1. The number of hydrogen-bond acceptors (Lipinski definition) is 5. The van der Waals surface area contributed by atoms with E-state index in [0.717, 1.165) is 27.8 Å². The van der Waals surface area contributed by atoms with Gasteiger partial charge >= 0.3 is 12.1 Å². The SMILES string of the molecule is C[C@H](OCc1ccccc1)[C@@H](NC(=O)OCC1c2ccccc2-c2ccccc21)C(=O)NCCC(C)(C)CCC(=O)O. The normalized spacial score (nSPS) is 13.9. The van der Waals surface area contributed by atoms with Gasteiger partial charge in [-0.05, 0) is 53.0 Å². The molecule has 2 amide bonds. The van der Waals surface area contributed by atoms with Crippen molar-refractivity contribution in [3.05, 3.63) is 95.6 Å². The Morgan fingerprint density at radius 2 is 1.48 bits per heavy atom. The van der Waals surface area contributed by atoms with Gasteiger partial charge in [-0.25, -0.2) is 4.79 Å². The molecule has 0 saturated carbocycles. The minimum Gasteiger partial charge on any atom is -0.481 e. The quantitative estimate of drug-likeness (QED) is 0.222. The third-order valence-corrected chi connectivity index (χ3v) is 7.84. The molecule has 0 aliphatic heterocycles. The maximum atomic E-state index is 13.3. The summed E-state index contributed by atoms with van der Waals surface area (Å²) in [5.41, 5.74) is 5.15. The average molecular weight is 573 g/mol. The molecule has 42 heavy (non-hydrogen) atoms. The van der Waals surface area contributed by atoms with Gasteiger partial charge < -0.3 is 25.2 Å². The van der Waals surface area contributed by atoms with Crippen LogP contribution in [0, 0.1) is 5.41 Å². The van der Waals surface area contributed by atoms with Crippen molar-refractivity contribution in [2.75, 3.05) is 13.2 Å². The minimum absolute atomic E-state index is 0.0667. The number of carboxylic acids is 1. The van der Waals surface area contributed by atoms with Gasteiger partial charge in [0, 0.05) is 18.9 Å². The highest BCUT2D eigenvalue weighted by atomic mass is 16.5. The van der Waals surface area contributed by atoms with Crippen LogP contribution in [-0.4, -0.2) is 48.4 Å². The summed E-state index contributed by atoms with van der Waals surface area (Å²) in [6.07, 6.45) is -0.198. The topological polar surface area (TPSA) is 114 Å². The summed E-state index contributed by atoms with van der Waals surface area (Å²) in [5, 5.41) is 14.6. The highest BCUT2D eigenvalue weighted by molar-refractivity contribution is 5.86. The zero-order chi connectivity index (χ0) is 30.1. The van der Waals surface area contributed by atoms with E-state index < -0.39 is 30.1 Å². The van der Waals surface area contributed by atoms with Crippen LogP contribution in [0.15, 0.2) is 78.9 Å². The fraction of sp³-hybridized carbons (Fsp3) is 0.382. The molecule has 3 N–H and O–H groups in total. The third kappa shape index (κ3) is 8.19. The predicted molar refractivity (Wildman–Crippen MR) is 161 cm³/mol. The number of rotatable bonds is 14. The summed E-state index contributed by atoms with van der Waals surface area (Å²) >= 11 is 0. The maximum absolute atomic E-state index is 13.3. The van der Waals surface area contributed by atoms with Gasteiger partial charge in [-0.2, -0.15) is 0 Å². The number of hydrogen-bond donors (Lipinski definition) is 3. The van der Waals surface area contributed by atoms with Gasteiger partial charge in [-0.1, -0.05) is 92.7 Å². The standard InChI is InChI=1S/C34H40N2O6/c1-23(41-21-24-11-5-4-6-12-24)31(32(39)35-20-19-34(2,3)18-17-30(37)38)36-33(40)42-22-29-27-15-9-7-13-25(27)26-14-8-10-16-28(26)29/h4-16,23,29,31H,17-22H2,1-3H3,(H,35,39)(H,36,40)(H,37,38)/t23-,31+/m0/s1. The van der Waals surface area contributed by atoms with Crippen molar-refractivity contribution in [1.82, 2.24) is 10.6 Å². The second-order valence-corrected chi connectivity index (χ2v) is 11.5. The molecule has 0 bridgehead atoms. The third-order valence-electron chi connectivity index (χ3n) is 7.84. The molecule has 8 heteroatoms. The molecule has 0 spiro atoms. The summed E-state index contributed by atoms with van der Waals surface area (Å²) in [6, 6.07) is 24.8. The summed E-state index contributed by atoms with van der Waals surface area (Å²) < 4.78 is 11.7. The van der Waals surface area contributed by atoms with Crippen LogP contribution in [0.25, 0.3) is 11.1 Å². The van der Waals surface area contributed by atoms with E-state index in [2.05, 4.69) is 34.9 Å². The van der Waals surface area contributed by atoms with E-state index in [1.54, 1.807) is 6.92 Å². The molecule has 4 rings (SSSR count). The first-order chi connectivity index (χ1) is 20.1. The Balaban J connectivity index is 1.39. The summed E-state index contributed by atoms with van der Waals surface area (Å²) in [7, 11) is 0. The van der Waals surface area contributed by atoms with Crippen molar-refractivity contribution >= 4 is 18.0 Å². The lowest BCUT2D eigenvalue weighted by Gasteiger charge is -2.27. The van der Waals surface area contributed by atoms with Crippen molar-refractivity contribution in [3.8, 4) is 11.1 Å². The first kappa shape index (κ1) is 30.8. The van der Waals surface area contributed by atoms with Crippen LogP contribution in [0.2, 0.25) is 0 Å². The number of fused-ring (bicyclic) bond motifs is 3. The van der Waals surface area contributed by atoms with Gasteiger partial charge in [-0.15, -0.1) is 0 Å². The zero-order valence-electron chi connectivity index (χ0n) is 24.5. The maximum Gasteiger partial charge on any atom is 0.407 e. The number of alkyl carbamates (subject to hydrolysis) is 1. The molecule has 0 fully saturated rings. The average Bonchev–Trinajstić information content (AvgIpc) is 3.30. The van der Waals surface area contributed by atoms with E-state index in [9.17, 15) is 14.4 Å². The van der Waals surface area contributed by atoms with E-state index >= 15 is 0 Å². The van der Waals surface area contributed by atoms with Crippen molar-refractivity contribution in [1.29, 1.82) is 0 Å². The molecule has 0 unspecified atom stereocenters. The molecule has 3 aromatic rings. The van der Waals surface area contributed by atoms with Crippen LogP contribution >= 0.6 is 0 Å². The number of aliphatic carboxylic acids is 1. The van der Waals surface area contributed by atoms with Crippen LogP contribution in [0.3, 0.4) is 0 Å². The van der Waals surface area contributed by atoms with Crippen LogP contribution in [0.5, 0.6) is 0 Å². The second kappa shape index (κ2) is 14.1. The number of amides is 2. The first-order valence-electron chi connectivity index (χ1n) is 14.4. The lowest BCUT2D eigenvalue weighted by Crippen LogP contribution is -2.53. The molecule has 2 atom stereocenters. The van der Waals surface area contributed by atoms with Gasteiger partial charge in [0.05, 0.1) is 12.7 Å². The largest absolute Gasteiger partial charge is 0.481 e. The molecule has 222 valence electrons. The summed E-state index contributed by atoms with van der Waals surface area (Å²) in [5.74, 6) is -1.34. The summed E-state index contributed by atoms with van der Waals surface area (Å²) in [4.78, 5) is 37.4. The Morgan fingerprint density at radius 1 is 0.881 bits per heavy atom. The van der Waals surface area contributed by atoms with Gasteiger partial charge in [0.25, 0.3) is 0 Å². The first-order valence-corrected chi connectivity index (χ1v) is 14.4. The predicted octanol–water partition coefficient (Wildman–Crippen LogP) is 5.90. The Kier molecular flexibility index (Phi) is 10.4. The summed E-state index contributed by atoms with van der Waals surface area (Å²) in [6.45, 7) is 6.43. The van der Waals surface area contributed by atoms with Crippen LogP contribution in [0.4, 0.5) is 4.79 Å². The molecule has 1 aliphatic carbocycles. The monoisotopic (exact) mass is 572 g/mol. The Morgan fingerprint density at radius 3 is 2.10 bits per heavy atom. The molecule has 0 heterocycles. The van der Waals surface area contributed by atoms with Crippen molar-refractivity contribution in [2.45, 2.75) is 64.7 Å². The van der Waals surface area contributed by atoms with Crippen molar-refractivity contribution < 1.29 is 29.0 Å². The number of ether oxygens (including phenoxy) is 2. The smallest absolute Gasteiger partial charge is 0.407 e. The van der Waals surface area contributed by atoms with Crippen LogP contribution < -0.4 is 10.6 Å². The highest BCUT2D eigenvalue weighted by Crippen LogP contribution is 2.44. The molecule has 0 saturated heterocycles. The molecule has 0 aromatic heterocycles. The lowest BCUT2D eigenvalue weighted by atomic mass is 9.84. The van der Waals surface area contributed by atoms with Gasteiger partial charge in [0.2, 0.25) is 5.91 Å². The molecule has 0 radical (unpaired) electrons. The second-order valence-electron chi connectivity index (χ2n) is 11.5. The van der Waals surface area contributed by atoms with Gasteiger partial charge in [-0.3, -0.25) is 9.59 Å². The van der Waals surface area contributed by atoms with Gasteiger partial charge in [0.15, 0.2) is 0 Å². The fourth-order valence-corrected chi connectivity index (χ4v) is 5.27. The van der Waals surface area contributed by atoms with Gasteiger partial charge in [0.1, 0.15) is 12.6 Å². The number of benzene rings is 3. The Hall–Kier alpha value is -4.17. The zero-order valence-corrected chi connectivity index (χ0v) is 24.5. The number of nitrogens with one attached hydrogen (secondary N) is 2. The molecule has 8 nitrogen and oxygen atoms in total. The van der Waals surface area contributed by atoms with E-state index in [-0.39, 0.29) is 31.0 Å². The molecular formula is C34H40N2O6. The molecular weight excluding hydrogens is 532 g/mol. The fourth-order valence-electron chi connectivity index (χ4n) is 5.27. The van der Waals surface area contributed by atoms with Crippen molar-refractivity contribution in [3.63, 3.8) is 0 Å². The Bertz CT molecular complexity index is 1330. The van der Waals surface area contributed by atoms with Crippen LogP contribution in [-0.2, 0) is 25.7 Å². The molecule has 1 aliphatic rings. The van der Waals surface area contributed by atoms with Crippen LogP contribution in [0.1, 0.15) is 62.6 Å². The number of carbonyl (C=O) groups is 3. The van der Waals surface area contributed by atoms with E-state index in [1.165, 1.54) is 0 Å². The lowest BCUT2D eigenvalue weighted by molar-refractivity contribution is -0.137. The minimum atomic E-state index is -0.994. The van der Waals surface area contributed by atoms with Crippen molar-refractivity contribution in [2.24, 2.45) is 5.41 Å². The van der Waals surface area contributed by atoms with E-state index in [1.807, 2.05) is 68.4 Å². The molecule has 3 aromatic carbocycles. The Labute approximate surface area is 247 Å². The highest BCUT2D eigenvalue weighted by Gasteiger charge is 2.32. The van der Waals surface area contributed by atoms with E-state index in [4.69, 9.17) is 14.6 Å². The van der Waals surface area contributed by atoms with E-state index in [0.29, 0.717) is 19.4 Å². The number of carbonyl (C=O) groups excluding carboxylic acids is 2.